The Kier molecular flexibility index (Phi) is 12.6. The van der Waals surface area contributed by atoms with Gasteiger partial charge in [-0.05, 0) is 80.4 Å². The zero-order valence-corrected chi connectivity index (χ0v) is 22.6. The first-order valence-corrected chi connectivity index (χ1v) is 13.5. The van der Waals surface area contributed by atoms with Crippen LogP contribution in [-0.4, -0.2) is 36.7 Å². The molecule has 0 saturated heterocycles. The van der Waals surface area contributed by atoms with Crippen molar-refractivity contribution in [2.24, 2.45) is 0 Å². The number of rotatable bonds is 17. The number of hydrogen-bond donors (Lipinski definition) is 0. The summed E-state index contributed by atoms with van der Waals surface area (Å²) < 4.78 is 21.7. The lowest BCUT2D eigenvalue weighted by Gasteiger charge is -2.08. The van der Waals surface area contributed by atoms with Crippen LogP contribution in [0.3, 0.4) is 0 Å². The van der Waals surface area contributed by atoms with Gasteiger partial charge in [0, 0.05) is 11.6 Å². The van der Waals surface area contributed by atoms with Crippen LogP contribution in [0.25, 0.3) is 11.3 Å². The van der Waals surface area contributed by atoms with E-state index in [4.69, 9.17) is 18.9 Å². The molecule has 0 bridgehead atoms. The summed E-state index contributed by atoms with van der Waals surface area (Å²) in [6, 6.07) is 18.0. The zero-order chi connectivity index (χ0) is 27.7. The number of nitrogens with zero attached hydrogens (tertiary/aromatic N) is 1. The molecule has 2 aromatic carbocycles. The van der Waals surface area contributed by atoms with Crippen molar-refractivity contribution < 1.29 is 28.5 Å². The number of ether oxygens (including phenoxy) is 4. The van der Waals surface area contributed by atoms with Crippen LogP contribution in [0.15, 0.2) is 79.5 Å². The number of carbonyl (C=O) groups excluding carboxylic acids is 2. The van der Waals surface area contributed by atoms with E-state index >= 15 is 0 Å². The molecule has 0 aliphatic carbocycles. The van der Waals surface area contributed by atoms with Gasteiger partial charge in [0.2, 0.25) is 0 Å². The molecule has 1 heterocycles. The zero-order valence-electron chi connectivity index (χ0n) is 22.6. The van der Waals surface area contributed by atoms with E-state index in [1.165, 1.54) is 6.08 Å². The predicted octanol–water partition coefficient (Wildman–Crippen LogP) is 7.21. The molecule has 7 heteroatoms. The highest BCUT2D eigenvalue weighted by atomic mass is 16.5. The predicted molar refractivity (Wildman–Crippen MR) is 151 cm³/mol. The molecule has 0 unspecified atom stereocenters. The first-order valence-electron chi connectivity index (χ1n) is 13.5. The van der Waals surface area contributed by atoms with Gasteiger partial charge < -0.3 is 18.9 Å². The van der Waals surface area contributed by atoms with Gasteiger partial charge in [0.25, 0.3) is 0 Å². The third-order valence-corrected chi connectivity index (χ3v) is 5.97. The molecule has 0 amide bonds. The molecule has 0 aliphatic heterocycles. The van der Waals surface area contributed by atoms with Crippen molar-refractivity contribution in [1.82, 2.24) is 4.98 Å². The molecule has 0 N–H and O–H groups in total. The van der Waals surface area contributed by atoms with Gasteiger partial charge in [-0.3, -0.25) is 4.98 Å². The van der Waals surface area contributed by atoms with Crippen molar-refractivity contribution in [3.05, 3.63) is 85.1 Å². The molecule has 39 heavy (non-hydrogen) atoms. The van der Waals surface area contributed by atoms with Gasteiger partial charge in [-0.25, -0.2) is 9.59 Å². The van der Waals surface area contributed by atoms with Gasteiger partial charge in [-0.2, -0.15) is 0 Å². The minimum Gasteiger partial charge on any atom is -0.494 e. The second kappa shape index (κ2) is 16.7. The van der Waals surface area contributed by atoms with E-state index in [1.807, 2.05) is 31.2 Å². The van der Waals surface area contributed by atoms with Gasteiger partial charge in [-0.1, -0.05) is 38.7 Å². The van der Waals surface area contributed by atoms with E-state index in [2.05, 4.69) is 11.6 Å². The highest BCUT2D eigenvalue weighted by Gasteiger charge is 2.10. The first kappa shape index (κ1) is 29.4. The highest BCUT2D eigenvalue weighted by Crippen LogP contribution is 2.23. The number of benzene rings is 2. The summed E-state index contributed by atoms with van der Waals surface area (Å²) in [6.07, 6.45) is 10.4. The summed E-state index contributed by atoms with van der Waals surface area (Å²) in [5, 5.41) is 0. The van der Waals surface area contributed by atoms with Gasteiger partial charge in [0.1, 0.15) is 17.2 Å². The topological polar surface area (TPSA) is 84.0 Å². The maximum absolute atomic E-state index is 12.6. The largest absolute Gasteiger partial charge is 0.494 e. The van der Waals surface area contributed by atoms with Crippen molar-refractivity contribution in [2.45, 2.75) is 51.9 Å². The Labute approximate surface area is 230 Å². The summed E-state index contributed by atoms with van der Waals surface area (Å²) in [4.78, 5) is 27.9. The second-order valence-electron chi connectivity index (χ2n) is 8.95. The number of hydrogen-bond acceptors (Lipinski definition) is 7. The fourth-order valence-corrected chi connectivity index (χ4v) is 3.86. The SMILES string of the molecule is C=CC(=O)OCCCCCCCCCOc1ccc(C(=O)Oc2ccc(-c3ccc(OCC)cn3)cc2)cc1. The number of esters is 2. The van der Waals surface area contributed by atoms with Crippen LogP contribution in [-0.2, 0) is 9.53 Å². The smallest absolute Gasteiger partial charge is 0.343 e. The van der Waals surface area contributed by atoms with Crippen molar-refractivity contribution in [1.29, 1.82) is 0 Å². The van der Waals surface area contributed by atoms with E-state index < -0.39 is 5.97 Å². The Hall–Kier alpha value is -4.13. The summed E-state index contributed by atoms with van der Waals surface area (Å²) in [7, 11) is 0. The molecule has 206 valence electrons. The molecular formula is C32H37NO6. The number of pyridine rings is 1. The second-order valence-corrected chi connectivity index (χ2v) is 8.95. The summed E-state index contributed by atoms with van der Waals surface area (Å²) in [6.45, 7) is 7.00. The lowest BCUT2D eigenvalue weighted by atomic mass is 10.1. The molecular weight excluding hydrogens is 494 g/mol. The monoisotopic (exact) mass is 531 g/mol. The average Bonchev–Trinajstić information content (AvgIpc) is 2.97. The fourth-order valence-electron chi connectivity index (χ4n) is 3.86. The maximum atomic E-state index is 12.6. The van der Waals surface area contributed by atoms with E-state index in [1.54, 1.807) is 42.6 Å². The summed E-state index contributed by atoms with van der Waals surface area (Å²) in [5.74, 6) is 1.14. The van der Waals surface area contributed by atoms with Crippen LogP contribution in [0, 0.1) is 0 Å². The van der Waals surface area contributed by atoms with Gasteiger partial charge in [-0.15, -0.1) is 0 Å². The van der Waals surface area contributed by atoms with Crippen LogP contribution in [0.2, 0.25) is 0 Å². The molecule has 3 rings (SSSR count). The van der Waals surface area contributed by atoms with Crippen molar-refractivity contribution in [3.63, 3.8) is 0 Å². The third-order valence-electron chi connectivity index (χ3n) is 5.97. The molecule has 1 aromatic heterocycles. The molecule has 3 aromatic rings. The van der Waals surface area contributed by atoms with Crippen LogP contribution < -0.4 is 14.2 Å². The minimum atomic E-state index is -0.424. The molecule has 0 atom stereocenters. The molecule has 7 nitrogen and oxygen atoms in total. The van der Waals surface area contributed by atoms with E-state index in [-0.39, 0.29) is 5.97 Å². The number of aromatic nitrogens is 1. The lowest BCUT2D eigenvalue weighted by Crippen LogP contribution is -2.08. The standard InChI is InChI=1S/C32H37NO6/c1-3-31(34)38-23-11-9-7-5-6-8-10-22-37-27-16-14-26(15-17-27)32(35)39-28-18-12-25(13-19-28)30-21-20-29(24-33-30)36-4-2/h3,12-21,24H,1,4-11,22-23H2,2H3. The maximum Gasteiger partial charge on any atom is 0.343 e. The van der Waals surface area contributed by atoms with Crippen LogP contribution in [0.4, 0.5) is 0 Å². The highest BCUT2D eigenvalue weighted by molar-refractivity contribution is 5.91. The average molecular weight is 532 g/mol. The number of unbranched alkanes of at least 4 members (excludes halogenated alkanes) is 6. The Balaban J connectivity index is 1.31. The van der Waals surface area contributed by atoms with Crippen LogP contribution in [0.1, 0.15) is 62.2 Å². The normalized spacial score (nSPS) is 10.5. The molecule has 0 saturated carbocycles. The van der Waals surface area contributed by atoms with E-state index in [9.17, 15) is 9.59 Å². The van der Waals surface area contributed by atoms with Gasteiger partial charge in [0.05, 0.1) is 37.3 Å². The molecule has 0 aliphatic rings. The summed E-state index contributed by atoms with van der Waals surface area (Å²) in [5.41, 5.74) is 2.19. The van der Waals surface area contributed by atoms with Crippen molar-refractivity contribution in [3.8, 4) is 28.5 Å². The van der Waals surface area contributed by atoms with Gasteiger partial charge in [0.15, 0.2) is 0 Å². The van der Waals surface area contributed by atoms with Crippen LogP contribution >= 0.6 is 0 Å². The Morgan fingerprint density at radius 1 is 0.744 bits per heavy atom. The fraction of sp³-hybridized carbons (Fsp3) is 0.344. The minimum absolute atomic E-state index is 0.356. The third kappa shape index (κ3) is 10.6. The van der Waals surface area contributed by atoms with Gasteiger partial charge >= 0.3 is 11.9 Å². The van der Waals surface area contributed by atoms with Crippen molar-refractivity contribution >= 4 is 11.9 Å². The summed E-state index contributed by atoms with van der Waals surface area (Å²) >= 11 is 0. The molecule has 0 spiro atoms. The Morgan fingerprint density at radius 2 is 1.36 bits per heavy atom. The Morgan fingerprint density at radius 3 is 1.97 bits per heavy atom. The lowest BCUT2D eigenvalue weighted by molar-refractivity contribution is -0.137. The first-order chi connectivity index (χ1) is 19.1. The van der Waals surface area contributed by atoms with Crippen molar-refractivity contribution in [2.75, 3.05) is 19.8 Å². The molecule has 0 fully saturated rings. The quantitative estimate of drug-likeness (QED) is 0.0788. The van der Waals surface area contributed by atoms with E-state index in [0.29, 0.717) is 31.1 Å². The molecule has 0 radical (unpaired) electrons. The van der Waals surface area contributed by atoms with E-state index in [0.717, 1.165) is 67.7 Å². The number of carbonyl (C=O) groups is 2. The Bertz CT molecular complexity index is 1160. The van der Waals surface area contributed by atoms with Crippen LogP contribution in [0.5, 0.6) is 17.2 Å².